The Balaban J connectivity index is 2.15. The van der Waals surface area contributed by atoms with E-state index in [1.54, 1.807) is 56.6 Å². The summed E-state index contributed by atoms with van der Waals surface area (Å²) in [7, 11) is 3.21. The van der Waals surface area contributed by atoms with Crippen LogP contribution in [0.4, 0.5) is 4.79 Å². The van der Waals surface area contributed by atoms with Gasteiger partial charge in [-0.2, -0.15) is 0 Å². The summed E-state index contributed by atoms with van der Waals surface area (Å²) in [5, 5.41) is 1.29. The van der Waals surface area contributed by atoms with Crippen LogP contribution in [0.3, 0.4) is 0 Å². The number of halogens is 1. The van der Waals surface area contributed by atoms with E-state index in [0.29, 0.717) is 32.9 Å². The highest BCUT2D eigenvalue weighted by atomic mass is 35.5. The van der Waals surface area contributed by atoms with Gasteiger partial charge in [0.15, 0.2) is 0 Å². The second-order valence-corrected chi connectivity index (χ2v) is 6.25. The number of benzene rings is 2. The lowest BCUT2D eigenvalue weighted by Gasteiger charge is -2.12. The van der Waals surface area contributed by atoms with Gasteiger partial charge in [0.05, 0.1) is 5.56 Å². The molecule has 0 unspecified atom stereocenters. The van der Waals surface area contributed by atoms with E-state index in [1.807, 2.05) is 6.92 Å². The molecule has 128 valence electrons. The van der Waals surface area contributed by atoms with Gasteiger partial charge >= 0.3 is 11.7 Å². The third kappa shape index (κ3) is 3.37. The molecule has 0 N–H and O–H groups in total. The SMILES string of the molecule is Cc1c(-c2ccc(Cl)cc2)c(=O)oc2ccc(OC(=O)N(C)C)cc12. The largest absolute Gasteiger partial charge is 0.422 e. The van der Waals surface area contributed by atoms with Crippen molar-refractivity contribution in [1.82, 2.24) is 4.90 Å². The Morgan fingerprint density at radius 1 is 1.12 bits per heavy atom. The number of hydrogen-bond acceptors (Lipinski definition) is 4. The monoisotopic (exact) mass is 357 g/mol. The van der Waals surface area contributed by atoms with E-state index in [9.17, 15) is 9.59 Å². The number of carbonyl (C=O) groups excluding carboxylic acids is 1. The third-order valence-electron chi connectivity index (χ3n) is 3.84. The molecule has 1 heterocycles. The molecule has 0 spiro atoms. The number of amides is 1. The highest BCUT2D eigenvalue weighted by Crippen LogP contribution is 2.30. The van der Waals surface area contributed by atoms with Gasteiger partial charge in [-0.05, 0) is 48.4 Å². The smallest absolute Gasteiger partial charge is 0.414 e. The molecule has 0 saturated carbocycles. The Hall–Kier alpha value is -2.79. The molecule has 0 fully saturated rings. The second-order valence-electron chi connectivity index (χ2n) is 5.82. The summed E-state index contributed by atoms with van der Waals surface area (Å²) in [5.41, 5.74) is 1.93. The van der Waals surface area contributed by atoms with Crippen LogP contribution in [0.25, 0.3) is 22.1 Å². The topological polar surface area (TPSA) is 59.8 Å². The number of rotatable bonds is 2. The Morgan fingerprint density at radius 3 is 2.44 bits per heavy atom. The zero-order chi connectivity index (χ0) is 18.1. The molecule has 0 saturated heterocycles. The van der Waals surface area contributed by atoms with E-state index in [-0.39, 0.29) is 0 Å². The minimum absolute atomic E-state index is 0.380. The average Bonchev–Trinajstić information content (AvgIpc) is 2.57. The number of ether oxygens (including phenoxy) is 1. The first-order valence-corrected chi connectivity index (χ1v) is 7.97. The number of nitrogens with zero attached hydrogens (tertiary/aromatic N) is 1. The molecule has 0 aliphatic rings. The van der Waals surface area contributed by atoms with Crippen molar-refractivity contribution < 1.29 is 13.9 Å². The van der Waals surface area contributed by atoms with E-state index >= 15 is 0 Å². The summed E-state index contributed by atoms with van der Waals surface area (Å²) in [4.78, 5) is 25.5. The van der Waals surface area contributed by atoms with Crippen LogP contribution >= 0.6 is 11.6 Å². The summed E-state index contributed by atoms with van der Waals surface area (Å²) < 4.78 is 10.7. The van der Waals surface area contributed by atoms with E-state index in [0.717, 1.165) is 5.56 Å². The van der Waals surface area contributed by atoms with Gasteiger partial charge in [0.25, 0.3) is 0 Å². The van der Waals surface area contributed by atoms with Crippen molar-refractivity contribution in [1.29, 1.82) is 0 Å². The van der Waals surface area contributed by atoms with Crippen LogP contribution in [-0.4, -0.2) is 25.1 Å². The highest BCUT2D eigenvalue weighted by molar-refractivity contribution is 6.30. The molecular formula is C19H16ClNO4. The van der Waals surface area contributed by atoms with Crippen LogP contribution in [0, 0.1) is 6.92 Å². The van der Waals surface area contributed by atoms with Crippen molar-refractivity contribution in [3.8, 4) is 16.9 Å². The Labute approximate surface area is 149 Å². The molecule has 1 amide bonds. The molecular weight excluding hydrogens is 342 g/mol. The number of fused-ring (bicyclic) bond motifs is 1. The number of carbonyl (C=O) groups is 1. The van der Waals surface area contributed by atoms with Crippen LogP contribution < -0.4 is 10.4 Å². The molecule has 5 nitrogen and oxygen atoms in total. The lowest BCUT2D eigenvalue weighted by Crippen LogP contribution is -2.25. The quantitative estimate of drug-likeness (QED) is 0.634. The molecule has 0 radical (unpaired) electrons. The zero-order valence-corrected chi connectivity index (χ0v) is 14.8. The molecule has 6 heteroatoms. The van der Waals surface area contributed by atoms with E-state index in [2.05, 4.69) is 0 Å². The number of aryl methyl sites for hydroxylation is 1. The molecule has 0 aliphatic heterocycles. The maximum atomic E-state index is 12.4. The third-order valence-corrected chi connectivity index (χ3v) is 4.09. The van der Waals surface area contributed by atoms with E-state index in [4.69, 9.17) is 20.8 Å². The molecule has 2 aromatic carbocycles. The van der Waals surface area contributed by atoms with Gasteiger partial charge in [-0.15, -0.1) is 0 Å². The second kappa shape index (κ2) is 6.61. The molecule has 0 aliphatic carbocycles. The molecule has 25 heavy (non-hydrogen) atoms. The van der Waals surface area contributed by atoms with Gasteiger partial charge in [0.2, 0.25) is 0 Å². The van der Waals surface area contributed by atoms with Crippen molar-refractivity contribution in [2.45, 2.75) is 6.92 Å². The van der Waals surface area contributed by atoms with Crippen LogP contribution in [0.15, 0.2) is 51.7 Å². The minimum atomic E-state index is -0.479. The minimum Gasteiger partial charge on any atom is -0.422 e. The fraction of sp³-hybridized carbons (Fsp3) is 0.158. The Kier molecular flexibility index (Phi) is 4.51. The lowest BCUT2D eigenvalue weighted by atomic mass is 9.99. The predicted octanol–water partition coefficient (Wildman–Crippen LogP) is 4.48. The first-order chi connectivity index (χ1) is 11.9. The van der Waals surface area contributed by atoms with Crippen molar-refractivity contribution in [3.05, 3.63) is 63.5 Å². The normalized spacial score (nSPS) is 10.7. The summed E-state index contributed by atoms with van der Waals surface area (Å²) in [6.45, 7) is 1.83. The first-order valence-electron chi connectivity index (χ1n) is 7.59. The maximum Gasteiger partial charge on any atom is 0.414 e. The zero-order valence-electron chi connectivity index (χ0n) is 14.0. The van der Waals surface area contributed by atoms with Crippen LogP contribution in [0.5, 0.6) is 5.75 Å². The van der Waals surface area contributed by atoms with Crippen molar-refractivity contribution in [3.63, 3.8) is 0 Å². The van der Waals surface area contributed by atoms with Crippen molar-refractivity contribution in [2.75, 3.05) is 14.1 Å². The summed E-state index contributed by atoms with van der Waals surface area (Å²) in [6, 6.07) is 11.9. The predicted molar refractivity (Wildman–Crippen MR) is 97.4 cm³/mol. The van der Waals surface area contributed by atoms with Crippen molar-refractivity contribution in [2.24, 2.45) is 0 Å². The van der Waals surface area contributed by atoms with Gasteiger partial charge in [0, 0.05) is 24.5 Å². The summed E-state index contributed by atoms with van der Waals surface area (Å²) in [6.07, 6.45) is -0.479. The van der Waals surface area contributed by atoms with E-state index < -0.39 is 11.7 Å². The van der Waals surface area contributed by atoms with Crippen LogP contribution in [-0.2, 0) is 0 Å². The average molecular weight is 358 g/mol. The first kappa shape index (κ1) is 17.0. The molecule has 3 rings (SSSR count). The van der Waals surface area contributed by atoms with E-state index in [1.165, 1.54) is 4.90 Å². The van der Waals surface area contributed by atoms with Gasteiger partial charge < -0.3 is 14.1 Å². The van der Waals surface area contributed by atoms with Gasteiger partial charge in [-0.1, -0.05) is 23.7 Å². The van der Waals surface area contributed by atoms with Gasteiger partial charge in [-0.3, -0.25) is 0 Å². The fourth-order valence-corrected chi connectivity index (χ4v) is 2.66. The summed E-state index contributed by atoms with van der Waals surface area (Å²) >= 11 is 5.91. The van der Waals surface area contributed by atoms with Crippen LogP contribution in [0.1, 0.15) is 5.56 Å². The van der Waals surface area contributed by atoms with Crippen molar-refractivity contribution >= 4 is 28.7 Å². The lowest BCUT2D eigenvalue weighted by molar-refractivity contribution is 0.172. The van der Waals surface area contributed by atoms with Crippen LogP contribution in [0.2, 0.25) is 5.02 Å². The fourth-order valence-electron chi connectivity index (χ4n) is 2.54. The maximum absolute atomic E-state index is 12.4. The molecule has 0 bridgehead atoms. The molecule has 3 aromatic rings. The summed E-state index contributed by atoms with van der Waals surface area (Å²) in [5.74, 6) is 0.380. The number of hydrogen-bond donors (Lipinski definition) is 0. The highest BCUT2D eigenvalue weighted by Gasteiger charge is 2.15. The Bertz CT molecular complexity index is 1010. The standard InChI is InChI=1S/C19H16ClNO4/c1-11-15-10-14(24-19(23)21(2)3)8-9-16(15)25-18(22)17(11)12-4-6-13(20)7-5-12/h4-10H,1-3H3. The molecule has 1 aromatic heterocycles. The van der Waals surface area contributed by atoms with Gasteiger partial charge in [0.1, 0.15) is 11.3 Å². The Morgan fingerprint density at radius 2 is 1.80 bits per heavy atom. The molecule has 0 atom stereocenters. The van der Waals surface area contributed by atoms with Gasteiger partial charge in [-0.25, -0.2) is 9.59 Å².